The Hall–Kier alpha value is -1.42. The van der Waals surface area contributed by atoms with Crippen LogP contribution in [0.5, 0.6) is 0 Å². The number of rotatable bonds is 4. The molecule has 4 heteroatoms. The van der Waals surface area contributed by atoms with E-state index in [1.807, 2.05) is 35.0 Å². The monoisotopic (exact) mass is 278 g/mol. The van der Waals surface area contributed by atoms with E-state index in [1.54, 1.807) is 12.5 Å². The third-order valence-corrected chi connectivity index (χ3v) is 2.96. The van der Waals surface area contributed by atoms with Gasteiger partial charge in [-0.25, -0.2) is 4.98 Å². The number of carbonyl (C=O) groups excluding carboxylic acids is 1. The highest BCUT2D eigenvalue weighted by atomic mass is 79.9. The fraction of sp³-hybridized carbons (Fsp3) is 0.167. The Kier molecular flexibility index (Phi) is 3.51. The van der Waals surface area contributed by atoms with E-state index in [9.17, 15) is 4.79 Å². The molecule has 0 N–H and O–H groups in total. The molecular weight excluding hydrogens is 268 g/mol. The first-order valence-corrected chi connectivity index (χ1v) is 5.75. The SMILES string of the molecule is O=CC(Cn1ccnc1)c1ccc(Br)cc1. The van der Waals surface area contributed by atoms with Crippen LogP contribution in [0.25, 0.3) is 0 Å². The van der Waals surface area contributed by atoms with E-state index in [0.717, 1.165) is 16.3 Å². The number of hydrogen-bond acceptors (Lipinski definition) is 2. The molecular formula is C12H11BrN2O. The predicted molar refractivity (Wildman–Crippen MR) is 65.2 cm³/mol. The number of aromatic nitrogens is 2. The maximum atomic E-state index is 11.1. The summed E-state index contributed by atoms with van der Waals surface area (Å²) in [7, 11) is 0. The van der Waals surface area contributed by atoms with E-state index in [-0.39, 0.29) is 5.92 Å². The van der Waals surface area contributed by atoms with Gasteiger partial charge >= 0.3 is 0 Å². The van der Waals surface area contributed by atoms with Gasteiger partial charge in [0.2, 0.25) is 0 Å². The standard InChI is InChI=1S/C12H11BrN2O/c13-12-3-1-10(2-4-12)11(8-16)7-15-6-5-14-9-15/h1-6,8-9,11H,7H2. The predicted octanol–water partition coefficient (Wildman–Crippen LogP) is 2.63. The van der Waals surface area contributed by atoms with Crippen LogP contribution in [0.3, 0.4) is 0 Å². The molecule has 16 heavy (non-hydrogen) atoms. The summed E-state index contributed by atoms with van der Waals surface area (Å²) in [6.07, 6.45) is 6.26. The molecule has 2 aromatic rings. The van der Waals surface area contributed by atoms with Crippen molar-refractivity contribution in [1.29, 1.82) is 0 Å². The molecule has 3 nitrogen and oxygen atoms in total. The Balaban J connectivity index is 2.16. The van der Waals surface area contributed by atoms with Crippen LogP contribution in [0, 0.1) is 0 Å². The Bertz CT molecular complexity index is 450. The van der Waals surface area contributed by atoms with Crippen LogP contribution in [0.4, 0.5) is 0 Å². The van der Waals surface area contributed by atoms with Gasteiger partial charge in [-0.1, -0.05) is 28.1 Å². The summed E-state index contributed by atoms with van der Waals surface area (Å²) in [5.74, 6) is -0.123. The van der Waals surface area contributed by atoms with E-state index in [1.165, 1.54) is 0 Å². The second-order valence-corrected chi connectivity index (χ2v) is 4.47. The Morgan fingerprint density at radius 2 is 2.12 bits per heavy atom. The zero-order valence-corrected chi connectivity index (χ0v) is 10.2. The van der Waals surface area contributed by atoms with Gasteiger partial charge in [0.05, 0.1) is 12.2 Å². The summed E-state index contributed by atoms with van der Waals surface area (Å²) in [6, 6.07) is 7.81. The molecule has 1 aromatic carbocycles. The summed E-state index contributed by atoms with van der Waals surface area (Å²) >= 11 is 3.37. The van der Waals surface area contributed by atoms with Crippen LogP contribution in [0.15, 0.2) is 47.5 Å². The van der Waals surface area contributed by atoms with Crippen molar-refractivity contribution in [3.8, 4) is 0 Å². The number of halogens is 1. The largest absolute Gasteiger partial charge is 0.336 e. The van der Waals surface area contributed by atoms with Crippen molar-refractivity contribution >= 4 is 22.2 Å². The molecule has 0 saturated heterocycles. The number of benzene rings is 1. The highest BCUT2D eigenvalue weighted by Gasteiger charge is 2.10. The molecule has 1 heterocycles. The zero-order chi connectivity index (χ0) is 11.4. The molecule has 1 atom stereocenters. The lowest BCUT2D eigenvalue weighted by molar-refractivity contribution is -0.109. The summed E-state index contributed by atoms with van der Waals surface area (Å²) < 4.78 is 2.92. The maximum absolute atomic E-state index is 11.1. The summed E-state index contributed by atoms with van der Waals surface area (Å²) in [5, 5.41) is 0. The summed E-state index contributed by atoms with van der Waals surface area (Å²) in [4.78, 5) is 15.0. The molecule has 0 spiro atoms. The van der Waals surface area contributed by atoms with E-state index in [4.69, 9.17) is 0 Å². The van der Waals surface area contributed by atoms with Gasteiger partial charge in [0, 0.05) is 23.4 Å². The minimum atomic E-state index is -0.123. The second-order valence-electron chi connectivity index (χ2n) is 3.55. The smallest absolute Gasteiger partial charge is 0.129 e. The highest BCUT2D eigenvalue weighted by Crippen LogP contribution is 2.18. The quantitative estimate of drug-likeness (QED) is 0.806. The van der Waals surface area contributed by atoms with Gasteiger partial charge in [-0.2, -0.15) is 0 Å². The summed E-state index contributed by atoms with van der Waals surface area (Å²) in [6.45, 7) is 0.630. The fourth-order valence-electron chi connectivity index (χ4n) is 1.56. The molecule has 0 fully saturated rings. The highest BCUT2D eigenvalue weighted by molar-refractivity contribution is 9.10. The lowest BCUT2D eigenvalue weighted by Gasteiger charge is -2.11. The molecule has 0 bridgehead atoms. The van der Waals surface area contributed by atoms with Crippen molar-refractivity contribution in [3.05, 3.63) is 53.0 Å². The van der Waals surface area contributed by atoms with Crippen LogP contribution < -0.4 is 0 Å². The molecule has 1 unspecified atom stereocenters. The topological polar surface area (TPSA) is 34.9 Å². The van der Waals surface area contributed by atoms with Crippen LogP contribution in [0.2, 0.25) is 0 Å². The lowest BCUT2D eigenvalue weighted by Crippen LogP contribution is -2.09. The van der Waals surface area contributed by atoms with Gasteiger partial charge in [0.25, 0.3) is 0 Å². The molecule has 82 valence electrons. The Morgan fingerprint density at radius 3 is 2.69 bits per heavy atom. The maximum Gasteiger partial charge on any atom is 0.129 e. The fourth-order valence-corrected chi connectivity index (χ4v) is 1.82. The zero-order valence-electron chi connectivity index (χ0n) is 8.58. The Labute approximate surface area is 102 Å². The minimum Gasteiger partial charge on any atom is -0.336 e. The average molecular weight is 279 g/mol. The molecule has 0 amide bonds. The molecule has 0 aliphatic heterocycles. The molecule has 0 saturated carbocycles. The van der Waals surface area contributed by atoms with Crippen LogP contribution in [-0.4, -0.2) is 15.8 Å². The Morgan fingerprint density at radius 1 is 1.38 bits per heavy atom. The van der Waals surface area contributed by atoms with Gasteiger partial charge in [0.1, 0.15) is 6.29 Å². The van der Waals surface area contributed by atoms with Crippen molar-refractivity contribution < 1.29 is 4.79 Å². The van der Waals surface area contributed by atoms with Crippen molar-refractivity contribution in [3.63, 3.8) is 0 Å². The lowest BCUT2D eigenvalue weighted by atomic mass is 10.0. The van der Waals surface area contributed by atoms with Crippen LogP contribution in [-0.2, 0) is 11.3 Å². The number of carbonyl (C=O) groups is 1. The van der Waals surface area contributed by atoms with Crippen molar-refractivity contribution in [1.82, 2.24) is 9.55 Å². The van der Waals surface area contributed by atoms with Gasteiger partial charge in [-0.15, -0.1) is 0 Å². The molecule has 0 aliphatic rings. The second kappa shape index (κ2) is 5.07. The minimum absolute atomic E-state index is 0.123. The van der Waals surface area contributed by atoms with Crippen molar-refractivity contribution in [2.75, 3.05) is 0 Å². The van der Waals surface area contributed by atoms with Gasteiger partial charge in [-0.05, 0) is 17.7 Å². The number of hydrogen-bond donors (Lipinski definition) is 0. The molecule has 0 aliphatic carbocycles. The van der Waals surface area contributed by atoms with E-state index in [0.29, 0.717) is 6.54 Å². The number of nitrogens with zero attached hydrogens (tertiary/aromatic N) is 2. The first kappa shape index (κ1) is 11.1. The van der Waals surface area contributed by atoms with Gasteiger partial charge in [-0.3, -0.25) is 0 Å². The van der Waals surface area contributed by atoms with Crippen molar-refractivity contribution in [2.45, 2.75) is 12.5 Å². The van der Waals surface area contributed by atoms with Crippen molar-refractivity contribution in [2.24, 2.45) is 0 Å². The average Bonchev–Trinajstić information content (AvgIpc) is 2.80. The van der Waals surface area contributed by atoms with Gasteiger partial charge in [0.15, 0.2) is 0 Å². The third kappa shape index (κ3) is 2.58. The third-order valence-electron chi connectivity index (χ3n) is 2.43. The van der Waals surface area contributed by atoms with E-state index in [2.05, 4.69) is 20.9 Å². The first-order chi connectivity index (χ1) is 7.79. The van der Waals surface area contributed by atoms with E-state index >= 15 is 0 Å². The number of aldehydes is 1. The van der Waals surface area contributed by atoms with Crippen LogP contribution >= 0.6 is 15.9 Å². The van der Waals surface area contributed by atoms with Gasteiger partial charge < -0.3 is 9.36 Å². The number of imidazole rings is 1. The normalized spacial score (nSPS) is 12.3. The molecule has 2 rings (SSSR count). The first-order valence-electron chi connectivity index (χ1n) is 4.96. The molecule has 1 aromatic heterocycles. The molecule has 0 radical (unpaired) electrons. The van der Waals surface area contributed by atoms with Crippen LogP contribution in [0.1, 0.15) is 11.5 Å². The van der Waals surface area contributed by atoms with E-state index < -0.39 is 0 Å². The summed E-state index contributed by atoms with van der Waals surface area (Å²) in [5.41, 5.74) is 1.02.